The summed E-state index contributed by atoms with van der Waals surface area (Å²) in [5, 5.41) is 4.09. The van der Waals surface area contributed by atoms with Crippen molar-refractivity contribution < 1.29 is 13.6 Å². The highest BCUT2D eigenvalue weighted by molar-refractivity contribution is 7.15. The van der Waals surface area contributed by atoms with Gasteiger partial charge in [0.25, 0.3) is 11.8 Å². The number of halogens is 2. The molecule has 29 heavy (non-hydrogen) atoms. The molecule has 2 heterocycles. The van der Waals surface area contributed by atoms with Crippen molar-refractivity contribution in [2.24, 2.45) is 0 Å². The Morgan fingerprint density at radius 1 is 1.10 bits per heavy atom. The van der Waals surface area contributed by atoms with Crippen molar-refractivity contribution >= 4 is 33.3 Å². The van der Waals surface area contributed by atoms with Crippen LogP contribution in [0.1, 0.15) is 27.7 Å². The molecule has 0 bridgehead atoms. The molecular weight excluding hydrogens is 392 g/mol. The number of hydrogen-bond acceptors (Lipinski definition) is 4. The lowest BCUT2D eigenvalue weighted by atomic mass is 10.0. The lowest BCUT2D eigenvalue weighted by Crippen LogP contribution is -2.12. The van der Waals surface area contributed by atoms with Gasteiger partial charge in [0.1, 0.15) is 0 Å². The van der Waals surface area contributed by atoms with E-state index in [4.69, 9.17) is 0 Å². The lowest BCUT2D eigenvalue weighted by molar-refractivity contribution is 0.0175. The van der Waals surface area contributed by atoms with Crippen molar-refractivity contribution in [1.82, 2.24) is 9.97 Å². The molecule has 0 aliphatic heterocycles. The fraction of sp³-hybridized carbons (Fsp3) is 0.136. The summed E-state index contributed by atoms with van der Waals surface area (Å²) < 4.78 is 27.4. The van der Waals surface area contributed by atoms with E-state index in [-0.39, 0.29) is 11.5 Å². The quantitative estimate of drug-likeness (QED) is 0.448. The Balaban J connectivity index is 1.76. The average Bonchev–Trinajstić information content (AvgIpc) is 3.11. The number of nitrogens with zero attached hydrogens (tertiary/aromatic N) is 2. The summed E-state index contributed by atoms with van der Waals surface area (Å²) in [5.41, 5.74) is 1.91. The highest BCUT2D eigenvalue weighted by atomic mass is 32.1. The number of aromatic nitrogens is 2. The molecule has 0 saturated heterocycles. The number of thiazole rings is 1. The summed E-state index contributed by atoms with van der Waals surface area (Å²) in [6.07, 6.45) is 1.69. The predicted molar refractivity (Wildman–Crippen MR) is 112 cm³/mol. The Labute approximate surface area is 170 Å². The van der Waals surface area contributed by atoms with E-state index in [2.05, 4.69) is 15.3 Å². The molecular formula is C22H17F2N3OS. The average molecular weight is 409 g/mol. The molecule has 0 atom stereocenters. The molecule has 1 amide bonds. The van der Waals surface area contributed by atoms with Gasteiger partial charge in [0, 0.05) is 34.5 Å². The third-order valence-corrected chi connectivity index (χ3v) is 5.30. The number of anilines is 1. The maximum Gasteiger partial charge on any atom is 0.270 e. The van der Waals surface area contributed by atoms with Crippen molar-refractivity contribution in [3.05, 3.63) is 76.8 Å². The lowest BCUT2D eigenvalue weighted by Gasteiger charge is -2.12. The zero-order valence-electron chi connectivity index (χ0n) is 15.7. The molecule has 0 radical (unpaired) electrons. The monoisotopic (exact) mass is 409 g/mol. The van der Waals surface area contributed by atoms with Crippen molar-refractivity contribution in [1.29, 1.82) is 0 Å². The van der Waals surface area contributed by atoms with Gasteiger partial charge in [-0.2, -0.15) is 0 Å². The summed E-state index contributed by atoms with van der Waals surface area (Å²) in [5.74, 6) is -3.26. The molecule has 4 rings (SSSR count). The number of benzene rings is 2. The van der Waals surface area contributed by atoms with Gasteiger partial charge in [0.15, 0.2) is 5.13 Å². The van der Waals surface area contributed by atoms with Crippen LogP contribution in [0.25, 0.3) is 22.2 Å². The number of aryl methyl sites for hydroxylation is 1. The molecule has 0 saturated carbocycles. The standard InChI is InChI=1S/C22H17F2N3OS/c1-13-12-25-21(29-13)27-20(28)17-8-4-5-14-9-10-18(26-19(14)17)15-6-3-7-16(11-15)22(2,23)24/h3-12H,1-2H3,(H,25,27,28). The summed E-state index contributed by atoms with van der Waals surface area (Å²) in [7, 11) is 0. The van der Waals surface area contributed by atoms with E-state index >= 15 is 0 Å². The van der Waals surface area contributed by atoms with Gasteiger partial charge < -0.3 is 0 Å². The molecule has 1 N–H and O–H groups in total. The van der Waals surface area contributed by atoms with Gasteiger partial charge in [0.05, 0.1) is 16.8 Å². The van der Waals surface area contributed by atoms with Crippen molar-refractivity contribution in [2.45, 2.75) is 19.8 Å². The second-order valence-corrected chi connectivity index (χ2v) is 8.01. The van der Waals surface area contributed by atoms with E-state index in [1.54, 1.807) is 36.5 Å². The van der Waals surface area contributed by atoms with Crippen molar-refractivity contribution in [3.8, 4) is 11.3 Å². The number of para-hydroxylation sites is 1. The SMILES string of the molecule is Cc1cnc(NC(=O)c2cccc3ccc(-c4cccc(C(C)(F)F)c4)nc23)s1. The highest BCUT2D eigenvalue weighted by Crippen LogP contribution is 2.31. The number of hydrogen-bond donors (Lipinski definition) is 1. The van der Waals surface area contributed by atoms with Crippen LogP contribution in [0.4, 0.5) is 13.9 Å². The Bertz CT molecular complexity index is 1210. The van der Waals surface area contributed by atoms with Gasteiger partial charge in [0.2, 0.25) is 0 Å². The molecule has 7 heteroatoms. The Morgan fingerprint density at radius 3 is 2.62 bits per heavy atom. The topological polar surface area (TPSA) is 54.9 Å². The van der Waals surface area contributed by atoms with Crippen LogP contribution in [0.15, 0.2) is 60.8 Å². The van der Waals surface area contributed by atoms with Crippen LogP contribution in [-0.4, -0.2) is 15.9 Å². The molecule has 0 aliphatic rings. The first kappa shape index (κ1) is 19.1. The molecule has 0 aliphatic carbocycles. The van der Waals surface area contributed by atoms with Crippen LogP contribution in [0.5, 0.6) is 0 Å². The number of rotatable bonds is 4. The Hall–Kier alpha value is -3.19. The number of carbonyl (C=O) groups is 1. The van der Waals surface area contributed by atoms with E-state index < -0.39 is 5.92 Å². The maximum absolute atomic E-state index is 13.7. The zero-order chi connectivity index (χ0) is 20.6. The molecule has 4 aromatic rings. The summed E-state index contributed by atoms with van der Waals surface area (Å²) in [6, 6.07) is 15.0. The highest BCUT2D eigenvalue weighted by Gasteiger charge is 2.24. The molecule has 2 aromatic heterocycles. The molecule has 4 nitrogen and oxygen atoms in total. The van der Waals surface area contributed by atoms with Gasteiger partial charge in [-0.3, -0.25) is 10.1 Å². The zero-order valence-corrected chi connectivity index (χ0v) is 16.6. The maximum atomic E-state index is 13.7. The fourth-order valence-corrected chi connectivity index (χ4v) is 3.68. The van der Waals surface area contributed by atoms with Crippen LogP contribution >= 0.6 is 11.3 Å². The van der Waals surface area contributed by atoms with E-state index in [9.17, 15) is 13.6 Å². The molecule has 0 fully saturated rings. The minimum Gasteiger partial charge on any atom is -0.298 e. The van der Waals surface area contributed by atoms with Crippen molar-refractivity contribution in [2.75, 3.05) is 5.32 Å². The normalized spacial score (nSPS) is 11.6. The summed E-state index contributed by atoms with van der Waals surface area (Å²) in [6.45, 7) is 2.77. The number of alkyl halides is 2. The van der Waals surface area contributed by atoms with E-state index in [1.165, 1.54) is 23.5 Å². The first-order valence-corrected chi connectivity index (χ1v) is 9.75. The van der Waals surface area contributed by atoms with Crippen LogP contribution in [0.2, 0.25) is 0 Å². The second kappa shape index (κ2) is 7.33. The van der Waals surface area contributed by atoms with Crippen LogP contribution in [0.3, 0.4) is 0 Å². The molecule has 146 valence electrons. The van der Waals surface area contributed by atoms with E-state index in [0.717, 1.165) is 17.2 Å². The smallest absolute Gasteiger partial charge is 0.270 e. The van der Waals surface area contributed by atoms with Gasteiger partial charge in [-0.1, -0.05) is 36.4 Å². The van der Waals surface area contributed by atoms with E-state index in [1.807, 2.05) is 19.1 Å². The van der Waals surface area contributed by atoms with Gasteiger partial charge >= 0.3 is 0 Å². The largest absolute Gasteiger partial charge is 0.298 e. The number of pyridine rings is 1. The fourth-order valence-electron chi connectivity index (χ4n) is 3.02. The minimum atomic E-state index is -2.94. The first-order valence-electron chi connectivity index (χ1n) is 8.93. The third kappa shape index (κ3) is 4.00. The minimum absolute atomic E-state index is 0.0814. The van der Waals surface area contributed by atoms with Crippen molar-refractivity contribution in [3.63, 3.8) is 0 Å². The third-order valence-electron chi connectivity index (χ3n) is 4.47. The van der Waals surface area contributed by atoms with Gasteiger partial charge in [-0.25, -0.2) is 18.7 Å². The number of carbonyl (C=O) groups excluding carboxylic acids is 1. The van der Waals surface area contributed by atoms with Crippen LogP contribution in [-0.2, 0) is 5.92 Å². The second-order valence-electron chi connectivity index (χ2n) is 6.77. The number of nitrogens with one attached hydrogen (secondary N) is 1. The summed E-state index contributed by atoms with van der Waals surface area (Å²) in [4.78, 5) is 22.5. The number of fused-ring (bicyclic) bond motifs is 1. The van der Waals surface area contributed by atoms with Crippen LogP contribution in [0, 0.1) is 6.92 Å². The number of amides is 1. The van der Waals surface area contributed by atoms with Gasteiger partial charge in [-0.15, -0.1) is 11.3 Å². The Morgan fingerprint density at radius 2 is 1.90 bits per heavy atom. The Kier molecular flexibility index (Phi) is 4.84. The molecule has 0 unspecified atom stereocenters. The summed E-state index contributed by atoms with van der Waals surface area (Å²) >= 11 is 1.39. The van der Waals surface area contributed by atoms with Gasteiger partial charge in [-0.05, 0) is 25.1 Å². The first-order chi connectivity index (χ1) is 13.8. The predicted octanol–water partition coefficient (Wildman–Crippen LogP) is 6.03. The molecule has 0 spiro atoms. The molecule has 2 aromatic carbocycles. The van der Waals surface area contributed by atoms with E-state index in [0.29, 0.717) is 27.5 Å². The van der Waals surface area contributed by atoms with Crippen LogP contribution < -0.4 is 5.32 Å².